The van der Waals surface area contributed by atoms with Crippen LogP contribution in [0.5, 0.6) is 11.5 Å². The number of benzene rings is 2. The molecule has 0 aromatic heterocycles. The van der Waals surface area contributed by atoms with Crippen LogP contribution >= 0.6 is 0 Å². The van der Waals surface area contributed by atoms with Gasteiger partial charge in [-0.05, 0) is 62.1 Å². The van der Waals surface area contributed by atoms with Gasteiger partial charge in [0.05, 0.1) is 6.61 Å². The number of hydrogen-bond donors (Lipinski definition) is 0. The quantitative estimate of drug-likeness (QED) is 0.424. The molecule has 0 radical (unpaired) electrons. The smallest absolute Gasteiger partial charge is 0.271 e. The summed E-state index contributed by atoms with van der Waals surface area (Å²) in [5.41, 5.74) is 3.66. The molecule has 6 nitrogen and oxygen atoms in total. The highest BCUT2D eigenvalue weighted by atomic mass is 16.5. The van der Waals surface area contributed by atoms with Gasteiger partial charge in [-0.1, -0.05) is 42.8 Å². The molecule has 2 amide bonds. The number of carbonyl (C=O) groups excluding carboxylic acids is 2. The van der Waals surface area contributed by atoms with Gasteiger partial charge in [0.25, 0.3) is 11.8 Å². The van der Waals surface area contributed by atoms with Crippen molar-refractivity contribution < 1.29 is 19.1 Å². The van der Waals surface area contributed by atoms with Crippen LogP contribution in [-0.2, 0) is 16.2 Å². The van der Waals surface area contributed by atoms with Gasteiger partial charge < -0.3 is 9.47 Å². The minimum Gasteiger partial charge on any atom is -0.490 e. The first kappa shape index (κ1) is 23.8. The molecule has 0 saturated heterocycles. The molecule has 0 spiro atoms. The second-order valence-electron chi connectivity index (χ2n) is 7.85. The van der Waals surface area contributed by atoms with Crippen molar-refractivity contribution in [2.24, 2.45) is 0 Å². The Labute approximate surface area is 194 Å². The number of aryl methyl sites for hydroxylation is 1. The molecule has 2 aromatic rings. The summed E-state index contributed by atoms with van der Waals surface area (Å²) in [4.78, 5) is 26.7. The van der Waals surface area contributed by atoms with E-state index in [1.807, 2.05) is 57.2 Å². The molecular weight excluding hydrogens is 416 g/mol. The first-order chi connectivity index (χ1) is 15.9. The van der Waals surface area contributed by atoms with E-state index in [2.05, 4.69) is 0 Å². The third-order valence-electron chi connectivity index (χ3n) is 5.37. The van der Waals surface area contributed by atoms with Crippen molar-refractivity contribution in [3.8, 4) is 17.6 Å². The molecule has 170 valence electrons. The predicted octanol–water partition coefficient (Wildman–Crippen LogP) is 4.98. The monoisotopic (exact) mass is 444 g/mol. The highest BCUT2D eigenvalue weighted by Crippen LogP contribution is 2.32. The van der Waals surface area contributed by atoms with Crippen LogP contribution in [0.4, 0.5) is 0 Å². The summed E-state index contributed by atoms with van der Waals surface area (Å²) >= 11 is 0. The highest BCUT2D eigenvalue weighted by Gasteiger charge is 2.34. The number of ether oxygens (including phenoxy) is 2. The van der Waals surface area contributed by atoms with Crippen LogP contribution in [0.1, 0.15) is 43.9 Å². The molecule has 2 aromatic carbocycles. The summed E-state index contributed by atoms with van der Waals surface area (Å²) < 4.78 is 11.8. The first-order valence-electron chi connectivity index (χ1n) is 11.0. The minimum atomic E-state index is -0.533. The average molecular weight is 445 g/mol. The van der Waals surface area contributed by atoms with Gasteiger partial charge in [0.1, 0.15) is 18.2 Å². The molecule has 0 bridgehead atoms. The first-order valence-corrected chi connectivity index (χ1v) is 11.0. The largest absolute Gasteiger partial charge is 0.490 e. The fourth-order valence-corrected chi connectivity index (χ4v) is 3.57. The normalized spacial score (nSPS) is 15.1. The molecule has 0 unspecified atom stereocenters. The highest BCUT2D eigenvalue weighted by molar-refractivity contribution is 6.19. The van der Waals surface area contributed by atoms with Gasteiger partial charge in [-0.15, -0.1) is 0 Å². The minimum absolute atomic E-state index is 0.00242. The van der Waals surface area contributed by atoms with Gasteiger partial charge in [-0.25, -0.2) is 0 Å². The number of hydrogen-bond acceptors (Lipinski definition) is 5. The Morgan fingerprint density at radius 2 is 1.70 bits per heavy atom. The molecular formula is C27H28N2O4. The second-order valence-corrected chi connectivity index (χ2v) is 7.85. The average Bonchev–Trinajstić information content (AvgIpc) is 2.80. The molecule has 1 heterocycles. The van der Waals surface area contributed by atoms with Crippen LogP contribution in [-0.4, -0.2) is 29.9 Å². The van der Waals surface area contributed by atoms with Gasteiger partial charge in [-0.2, -0.15) is 5.26 Å². The van der Waals surface area contributed by atoms with Crippen molar-refractivity contribution in [2.75, 3.05) is 13.2 Å². The van der Waals surface area contributed by atoms with E-state index >= 15 is 0 Å². The molecule has 0 N–H and O–H groups in total. The van der Waals surface area contributed by atoms with Crippen molar-refractivity contribution in [3.05, 3.63) is 75.9 Å². The topological polar surface area (TPSA) is 79.6 Å². The number of rotatable bonds is 8. The molecule has 0 atom stereocenters. The van der Waals surface area contributed by atoms with Crippen molar-refractivity contribution >= 4 is 17.9 Å². The number of carbonyl (C=O) groups is 2. The second kappa shape index (κ2) is 10.6. The lowest BCUT2D eigenvalue weighted by Crippen LogP contribution is -2.43. The van der Waals surface area contributed by atoms with Crippen LogP contribution in [0.3, 0.4) is 0 Å². The maximum absolute atomic E-state index is 13.0. The predicted molar refractivity (Wildman–Crippen MR) is 126 cm³/mol. The third-order valence-corrected chi connectivity index (χ3v) is 5.37. The van der Waals surface area contributed by atoms with Crippen molar-refractivity contribution in [3.63, 3.8) is 0 Å². The lowest BCUT2D eigenvalue weighted by molar-refractivity contribution is -0.140. The van der Waals surface area contributed by atoms with Gasteiger partial charge in [0.15, 0.2) is 11.5 Å². The Morgan fingerprint density at radius 1 is 0.970 bits per heavy atom. The van der Waals surface area contributed by atoms with E-state index in [0.29, 0.717) is 47.8 Å². The van der Waals surface area contributed by atoms with Crippen molar-refractivity contribution in [1.29, 1.82) is 5.26 Å². The van der Waals surface area contributed by atoms with E-state index in [4.69, 9.17) is 9.47 Å². The number of amides is 2. The van der Waals surface area contributed by atoms with E-state index in [0.717, 1.165) is 10.5 Å². The van der Waals surface area contributed by atoms with Crippen LogP contribution in [0.2, 0.25) is 0 Å². The van der Waals surface area contributed by atoms with E-state index in [1.54, 1.807) is 25.1 Å². The summed E-state index contributed by atoms with van der Waals surface area (Å²) in [6.07, 6.45) is 2.31. The summed E-state index contributed by atoms with van der Waals surface area (Å²) in [7, 11) is 0. The zero-order chi connectivity index (χ0) is 24.0. The number of nitriles is 1. The van der Waals surface area contributed by atoms with Gasteiger partial charge in [-0.3, -0.25) is 14.5 Å². The lowest BCUT2D eigenvalue weighted by Gasteiger charge is -2.27. The van der Waals surface area contributed by atoms with Crippen LogP contribution in [0, 0.1) is 18.3 Å². The molecule has 33 heavy (non-hydrogen) atoms. The standard InChI is InChI=1S/C27H28N2O4/c1-5-13-29-26(30)22(19(4)23(16-28)27(29)31)14-21-11-12-24(25(15-21)32-6-2)33-17-20-9-7-18(3)8-10-20/h7-12,14-15H,5-6,13,17H2,1-4H3/b22-14+. The molecule has 1 aliphatic heterocycles. The van der Waals surface area contributed by atoms with Crippen molar-refractivity contribution in [1.82, 2.24) is 4.90 Å². The Bertz CT molecular complexity index is 1150. The van der Waals surface area contributed by atoms with Crippen LogP contribution in [0.15, 0.2) is 59.2 Å². The van der Waals surface area contributed by atoms with Crippen LogP contribution in [0.25, 0.3) is 6.08 Å². The summed E-state index contributed by atoms with van der Waals surface area (Å²) in [6, 6.07) is 15.5. The lowest BCUT2D eigenvalue weighted by atomic mass is 9.93. The van der Waals surface area contributed by atoms with Gasteiger partial charge in [0, 0.05) is 12.1 Å². The zero-order valence-electron chi connectivity index (χ0n) is 19.5. The summed E-state index contributed by atoms with van der Waals surface area (Å²) in [5, 5.41) is 9.48. The zero-order valence-corrected chi connectivity index (χ0v) is 19.5. The van der Waals surface area contributed by atoms with E-state index in [1.165, 1.54) is 5.56 Å². The maximum atomic E-state index is 13.0. The molecule has 0 fully saturated rings. The number of nitrogens with zero attached hydrogens (tertiary/aromatic N) is 2. The summed E-state index contributed by atoms with van der Waals surface area (Å²) in [6.45, 7) is 8.56. The Kier molecular flexibility index (Phi) is 7.68. The molecule has 1 aliphatic rings. The third kappa shape index (κ3) is 5.32. The Hall–Kier alpha value is -3.85. The van der Waals surface area contributed by atoms with Gasteiger partial charge in [0.2, 0.25) is 0 Å². The fourth-order valence-electron chi connectivity index (χ4n) is 3.57. The maximum Gasteiger partial charge on any atom is 0.271 e. The Balaban J connectivity index is 1.93. The van der Waals surface area contributed by atoms with E-state index < -0.39 is 11.8 Å². The Morgan fingerprint density at radius 3 is 2.33 bits per heavy atom. The molecule has 0 aliphatic carbocycles. The van der Waals surface area contributed by atoms with E-state index in [9.17, 15) is 14.9 Å². The molecule has 6 heteroatoms. The fraction of sp³-hybridized carbons (Fsp3) is 0.296. The van der Waals surface area contributed by atoms with Crippen LogP contribution < -0.4 is 9.47 Å². The van der Waals surface area contributed by atoms with E-state index in [-0.39, 0.29) is 12.1 Å². The van der Waals surface area contributed by atoms with Crippen molar-refractivity contribution in [2.45, 2.75) is 40.7 Å². The molecule has 0 saturated carbocycles. The number of imide groups is 1. The van der Waals surface area contributed by atoms with Gasteiger partial charge >= 0.3 is 0 Å². The summed E-state index contributed by atoms with van der Waals surface area (Å²) in [5.74, 6) is 0.234. The molecule has 3 rings (SSSR count). The SMILES string of the molecule is CCCN1C(=O)C(C#N)=C(C)/C(=C\c2ccc(OCc3ccc(C)cc3)c(OCC)c2)C1=O.